The summed E-state index contributed by atoms with van der Waals surface area (Å²) in [4.78, 5) is 4.22. The van der Waals surface area contributed by atoms with Crippen LogP contribution in [0.2, 0.25) is 0 Å². The Morgan fingerprint density at radius 2 is 0.824 bits per heavy atom. The van der Waals surface area contributed by atoms with Gasteiger partial charge in [-0.15, -0.1) is 0 Å². The van der Waals surface area contributed by atoms with E-state index in [2.05, 4.69) is 34.1 Å². The molecule has 4 aromatic carbocycles. The van der Waals surface area contributed by atoms with E-state index < -0.39 is 12.2 Å². The van der Waals surface area contributed by atoms with Gasteiger partial charge in [0.1, 0.15) is 0 Å². The first-order chi connectivity index (χ1) is 24.0. The van der Waals surface area contributed by atoms with Gasteiger partial charge in [0.05, 0.1) is 39.6 Å². The fraction of sp³-hybridized carbons (Fsp3) is 0.400. The summed E-state index contributed by atoms with van der Waals surface area (Å²) in [5.41, 5.74) is 2.25. The average molecular weight is 717 g/mol. The molecular formula is C40H50N2Na2O7. The van der Waals surface area contributed by atoms with Gasteiger partial charge in [0.2, 0.25) is 0 Å². The smallest absolute Gasteiger partial charge is 0.849 e. The second-order valence-corrected chi connectivity index (χ2v) is 11.7. The van der Waals surface area contributed by atoms with Crippen LogP contribution in [0.3, 0.4) is 0 Å². The Morgan fingerprint density at radius 1 is 0.490 bits per heavy atom. The van der Waals surface area contributed by atoms with Crippen molar-refractivity contribution in [3.63, 3.8) is 0 Å². The molecule has 0 N–H and O–H groups in total. The summed E-state index contributed by atoms with van der Waals surface area (Å²) in [5.74, 6) is 2.42. The molecular weight excluding hydrogens is 666 g/mol. The number of hydrogen-bond donors (Lipinski definition) is 0. The predicted octanol–water partition coefficient (Wildman–Crippen LogP) is -1.57. The zero-order chi connectivity index (χ0) is 34.5. The van der Waals surface area contributed by atoms with Gasteiger partial charge in [0.25, 0.3) is 0 Å². The van der Waals surface area contributed by atoms with Crippen molar-refractivity contribution in [2.24, 2.45) is 0 Å². The van der Waals surface area contributed by atoms with Gasteiger partial charge >= 0.3 is 59.1 Å². The van der Waals surface area contributed by atoms with E-state index in [4.69, 9.17) is 23.7 Å². The van der Waals surface area contributed by atoms with E-state index in [1.165, 1.54) is 0 Å². The third kappa shape index (κ3) is 17.5. The van der Waals surface area contributed by atoms with Crippen molar-refractivity contribution in [2.45, 2.75) is 39.1 Å². The van der Waals surface area contributed by atoms with Crippen LogP contribution in [-0.4, -0.2) is 87.8 Å². The summed E-state index contributed by atoms with van der Waals surface area (Å²) < 4.78 is 29.1. The van der Waals surface area contributed by atoms with Gasteiger partial charge < -0.3 is 33.9 Å². The van der Waals surface area contributed by atoms with Crippen LogP contribution in [-0.2, 0) is 17.8 Å². The molecule has 0 aromatic heterocycles. The quantitative estimate of drug-likeness (QED) is 0.0630. The second-order valence-electron chi connectivity index (χ2n) is 11.7. The minimum Gasteiger partial charge on any atom is -0.849 e. The van der Waals surface area contributed by atoms with Crippen LogP contribution < -0.4 is 88.3 Å². The largest absolute Gasteiger partial charge is 1.00 e. The first-order valence-electron chi connectivity index (χ1n) is 17.1. The molecule has 0 heterocycles. The van der Waals surface area contributed by atoms with Crippen molar-refractivity contribution in [1.82, 2.24) is 9.80 Å². The van der Waals surface area contributed by atoms with Gasteiger partial charge in [-0.2, -0.15) is 0 Å². The third-order valence-electron chi connectivity index (χ3n) is 7.67. The standard InChI is InChI=1S/C40H50N2O7.2Na/c1-3-46-37-19-11-13-21-39(37)48-31-35(43)29-41(27-33-15-7-5-8-16-33)23-25-45-26-24-42(28-34-17-9-6-10-18-34)30-36(44)32-49-40-22-14-12-20-38(40)47-4-2;;/h5-22,35-36H,3-4,23-32H2,1-2H3;;/q-2;2*+1. The molecule has 264 valence electrons. The molecule has 0 aliphatic heterocycles. The maximum Gasteiger partial charge on any atom is 1.00 e. The molecule has 0 saturated carbocycles. The van der Waals surface area contributed by atoms with Crippen LogP contribution in [0.25, 0.3) is 0 Å². The van der Waals surface area contributed by atoms with Crippen LogP contribution >= 0.6 is 0 Å². The summed E-state index contributed by atoms with van der Waals surface area (Å²) in [6, 6.07) is 35.0. The molecule has 51 heavy (non-hydrogen) atoms. The summed E-state index contributed by atoms with van der Waals surface area (Å²) in [6.07, 6.45) is -1.92. The molecule has 0 amide bonds. The molecule has 4 aromatic rings. The first kappa shape index (κ1) is 45.0. The Balaban J connectivity index is 0.00000451. The average Bonchev–Trinajstić information content (AvgIpc) is 3.12. The maximum atomic E-state index is 13.1. The predicted molar refractivity (Wildman–Crippen MR) is 188 cm³/mol. The van der Waals surface area contributed by atoms with Gasteiger partial charge in [-0.05, 0) is 62.3 Å². The molecule has 4 rings (SSSR count). The molecule has 0 aliphatic carbocycles. The number of hydrogen-bond acceptors (Lipinski definition) is 9. The van der Waals surface area contributed by atoms with E-state index in [-0.39, 0.29) is 72.3 Å². The van der Waals surface area contributed by atoms with Gasteiger partial charge in [-0.1, -0.05) is 97.1 Å². The van der Waals surface area contributed by atoms with Crippen molar-refractivity contribution in [1.29, 1.82) is 0 Å². The minimum absolute atomic E-state index is 0. The molecule has 2 unspecified atom stereocenters. The molecule has 0 bridgehead atoms. The SMILES string of the molecule is CCOc1ccccc1OCC([O-])CN(CCOCCN(Cc1ccccc1)CC([O-])COc1ccccc1OCC)Cc1ccccc1.[Na+].[Na+]. The van der Waals surface area contributed by atoms with Crippen LogP contribution in [0.4, 0.5) is 0 Å². The van der Waals surface area contributed by atoms with Gasteiger partial charge in [-0.25, -0.2) is 0 Å². The first-order valence-corrected chi connectivity index (χ1v) is 17.1. The molecule has 0 radical (unpaired) electrons. The molecule has 0 fully saturated rings. The fourth-order valence-corrected chi connectivity index (χ4v) is 5.38. The van der Waals surface area contributed by atoms with Gasteiger partial charge in [-0.3, -0.25) is 9.80 Å². The van der Waals surface area contributed by atoms with Gasteiger partial charge in [0, 0.05) is 26.2 Å². The summed E-state index contributed by atoms with van der Waals surface area (Å²) in [7, 11) is 0. The van der Waals surface area contributed by atoms with E-state index >= 15 is 0 Å². The maximum absolute atomic E-state index is 13.1. The van der Waals surface area contributed by atoms with Crippen LogP contribution in [0.15, 0.2) is 109 Å². The molecule has 0 spiro atoms. The normalized spacial score (nSPS) is 12.0. The Morgan fingerprint density at radius 3 is 1.18 bits per heavy atom. The van der Waals surface area contributed by atoms with Crippen molar-refractivity contribution < 1.29 is 93.0 Å². The second kappa shape index (κ2) is 26.6. The van der Waals surface area contributed by atoms with E-state index in [0.717, 1.165) is 11.1 Å². The number of nitrogens with zero attached hydrogens (tertiary/aromatic N) is 2. The monoisotopic (exact) mass is 716 g/mol. The summed E-state index contributed by atoms with van der Waals surface area (Å²) in [6.45, 7) is 8.86. The van der Waals surface area contributed by atoms with E-state index in [1.54, 1.807) is 0 Å². The topological polar surface area (TPSA) is 98.8 Å². The third-order valence-corrected chi connectivity index (χ3v) is 7.67. The molecule has 0 aliphatic rings. The Labute approximate surface area is 348 Å². The van der Waals surface area contributed by atoms with E-state index in [0.29, 0.717) is 88.7 Å². The molecule has 0 saturated heterocycles. The van der Waals surface area contributed by atoms with Crippen molar-refractivity contribution in [3.05, 3.63) is 120 Å². The zero-order valence-corrected chi connectivity index (χ0v) is 34.8. The number of ether oxygens (including phenoxy) is 5. The number of benzene rings is 4. The zero-order valence-electron chi connectivity index (χ0n) is 30.8. The van der Waals surface area contributed by atoms with Crippen LogP contribution in [0.1, 0.15) is 25.0 Å². The Kier molecular flexibility index (Phi) is 23.5. The van der Waals surface area contributed by atoms with Gasteiger partial charge in [0.15, 0.2) is 23.0 Å². The Bertz CT molecular complexity index is 1350. The number of para-hydroxylation sites is 4. The summed E-state index contributed by atoms with van der Waals surface area (Å²) >= 11 is 0. The van der Waals surface area contributed by atoms with E-state index in [9.17, 15) is 10.2 Å². The van der Waals surface area contributed by atoms with Crippen molar-refractivity contribution >= 4 is 0 Å². The van der Waals surface area contributed by atoms with Crippen molar-refractivity contribution in [3.8, 4) is 23.0 Å². The minimum atomic E-state index is -0.962. The summed E-state index contributed by atoms with van der Waals surface area (Å²) in [5, 5.41) is 26.2. The van der Waals surface area contributed by atoms with Crippen molar-refractivity contribution in [2.75, 3.05) is 65.8 Å². The number of rotatable bonds is 24. The molecule has 2 atom stereocenters. The van der Waals surface area contributed by atoms with Crippen LogP contribution in [0.5, 0.6) is 23.0 Å². The van der Waals surface area contributed by atoms with E-state index in [1.807, 2.05) is 98.8 Å². The molecule has 9 nitrogen and oxygen atoms in total. The molecule has 11 heteroatoms. The van der Waals surface area contributed by atoms with Crippen LogP contribution in [0, 0.1) is 0 Å². The fourth-order valence-electron chi connectivity index (χ4n) is 5.38. The Hall–Kier alpha value is -2.12.